The summed E-state index contributed by atoms with van der Waals surface area (Å²) in [4.78, 5) is 23.5. The van der Waals surface area contributed by atoms with Crippen LogP contribution in [0.15, 0.2) is 54.9 Å². The molecule has 0 bridgehead atoms. The van der Waals surface area contributed by atoms with Gasteiger partial charge in [0.2, 0.25) is 0 Å². The minimum Gasteiger partial charge on any atom is -0.353 e. The molecule has 2 amide bonds. The van der Waals surface area contributed by atoms with Crippen molar-refractivity contribution in [1.29, 1.82) is 0 Å². The van der Waals surface area contributed by atoms with Gasteiger partial charge in [-0.1, -0.05) is 12.1 Å². The number of benzene rings is 2. The molecule has 1 fully saturated rings. The van der Waals surface area contributed by atoms with Gasteiger partial charge in [-0.3, -0.25) is 4.98 Å². The number of nitrogens with zero attached hydrogens (tertiary/aromatic N) is 3. The van der Waals surface area contributed by atoms with Crippen LogP contribution >= 0.6 is 11.8 Å². The van der Waals surface area contributed by atoms with Crippen molar-refractivity contribution >= 4 is 35.0 Å². The molecule has 4 rings (SSSR count). The average Bonchev–Trinajstić information content (AvgIpc) is 2.77. The summed E-state index contributed by atoms with van der Waals surface area (Å²) in [6, 6.07) is 9.35. The molecule has 0 radical (unpaired) electrons. The molecule has 1 saturated heterocycles. The van der Waals surface area contributed by atoms with Gasteiger partial charge in [0.1, 0.15) is 17.3 Å². The Balaban J connectivity index is 1.53. The molecule has 0 atom stereocenters. The molecule has 1 aromatic heterocycles. The topological polar surface area (TPSA) is 70.2 Å². The van der Waals surface area contributed by atoms with Crippen LogP contribution in [-0.4, -0.2) is 40.6 Å². The standard InChI is InChI=1S/C21H19F2N5OS/c22-15-4-5-17(23)18(13-15)27-21(29)26-16-3-1-2-14(12-16)19-20(25-7-6-24-19)28-8-10-30-11-9-28/h1-7,12-13H,8-11H2,(H2,26,27,29). The number of aromatic nitrogens is 2. The van der Waals surface area contributed by atoms with Gasteiger partial charge in [-0.25, -0.2) is 18.6 Å². The first-order valence-corrected chi connectivity index (χ1v) is 10.5. The van der Waals surface area contributed by atoms with Gasteiger partial charge in [0, 0.05) is 54.3 Å². The fourth-order valence-electron chi connectivity index (χ4n) is 3.16. The van der Waals surface area contributed by atoms with Gasteiger partial charge in [-0.2, -0.15) is 11.8 Å². The van der Waals surface area contributed by atoms with E-state index in [9.17, 15) is 13.6 Å². The van der Waals surface area contributed by atoms with E-state index in [0.717, 1.165) is 59.9 Å². The molecule has 1 aliphatic heterocycles. The van der Waals surface area contributed by atoms with Crippen LogP contribution in [-0.2, 0) is 0 Å². The molecule has 9 heteroatoms. The second-order valence-electron chi connectivity index (χ2n) is 6.61. The first-order chi connectivity index (χ1) is 14.6. The number of hydrogen-bond acceptors (Lipinski definition) is 5. The number of carbonyl (C=O) groups is 1. The van der Waals surface area contributed by atoms with Gasteiger partial charge in [0.15, 0.2) is 5.82 Å². The maximum atomic E-state index is 13.7. The van der Waals surface area contributed by atoms with Crippen LogP contribution in [0.25, 0.3) is 11.3 Å². The van der Waals surface area contributed by atoms with E-state index in [1.54, 1.807) is 30.6 Å². The van der Waals surface area contributed by atoms with Crippen LogP contribution in [0.1, 0.15) is 0 Å². The Morgan fingerprint density at radius 1 is 1.00 bits per heavy atom. The largest absolute Gasteiger partial charge is 0.353 e. The van der Waals surface area contributed by atoms with E-state index in [1.165, 1.54) is 0 Å². The van der Waals surface area contributed by atoms with Crippen LogP contribution < -0.4 is 15.5 Å². The molecule has 0 saturated carbocycles. The molecular formula is C21H19F2N5OS. The summed E-state index contributed by atoms with van der Waals surface area (Å²) in [6.07, 6.45) is 3.31. The van der Waals surface area contributed by atoms with Crippen LogP contribution in [0, 0.1) is 11.6 Å². The first-order valence-electron chi connectivity index (χ1n) is 9.37. The third kappa shape index (κ3) is 4.68. The Morgan fingerprint density at radius 3 is 2.63 bits per heavy atom. The predicted molar refractivity (Wildman–Crippen MR) is 116 cm³/mol. The Kier molecular flexibility index (Phi) is 6.08. The average molecular weight is 427 g/mol. The van der Waals surface area contributed by atoms with Crippen LogP contribution in [0.4, 0.5) is 30.8 Å². The molecular weight excluding hydrogens is 408 g/mol. The lowest BCUT2D eigenvalue weighted by atomic mass is 10.1. The highest BCUT2D eigenvalue weighted by molar-refractivity contribution is 7.99. The van der Waals surface area contributed by atoms with Crippen molar-refractivity contribution in [3.05, 3.63) is 66.5 Å². The van der Waals surface area contributed by atoms with Gasteiger partial charge in [-0.05, 0) is 24.3 Å². The molecule has 1 aliphatic rings. The van der Waals surface area contributed by atoms with Crippen molar-refractivity contribution in [1.82, 2.24) is 9.97 Å². The number of nitrogens with one attached hydrogen (secondary N) is 2. The van der Waals surface area contributed by atoms with E-state index in [-0.39, 0.29) is 5.69 Å². The van der Waals surface area contributed by atoms with Crippen molar-refractivity contribution in [2.24, 2.45) is 0 Å². The molecule has 0 spiro atoms. The molecule has 0 unspecified atom stereocenters. The Hall–Kier alpha value is -3.20. The van der Waals surface area contributed by atoms with Gasteiger partial charge in [0.25, 0.3) is 0 Å². The van der Waals surface area contributed by atoms with E-state index >= 15 is 0 Å². The van der Waals surface area contributed by atoms with Crippen molar-refractivity contribution in [2.45, 2.75) is 0 Å². The second kappa shape index (κ2) is 9.08. The summed E-state index contributed by atoms with van der Waals surface area (Å²) in [7, 11) is 0. The summed E-state index contributed by atoms with van der Waals surface area (Å²) in [5, 5.41) is 4.96. The van der Waals surface area contributed by atoms with Gasteiger partial charge in [0.05, 0.1) is 5.69 Å². The summed E-state index contributed by atoms with van der Waals surface area (Å²) in [5.74, 6) is 1.52. The van der Waals surface area contributed by atoms with Gasteiger partial charge < -0.3 is 15.5 Å². The highest BCUT2D eigenvalue weighted by Crippen LogP contribution is 2.30. The van der Waals surface area contributed by atoms with E-state index in [4.69, 9.17) is 0 Å². The third-order valence-electron chi connectivity index (χ3n) is 4.56. The molecule has 154 valence electrons. The summed E-state index contributed by atoms with van der Waals surface area (Å²) < 4.78 is 27.0. The van der Waals surface area contributed by atoms with Crippen LogP contribution in [0.3, 0.4) is 0 Å². The lowest BCUT2D eigenvalue weighted by Gasteiger charge is -2.28. The number of amides is 2. The molecule has 0 aliphatic carbocycles. The second-order valence-corrected chi connectivity index (χ2v) is 7.84. The number of rotatable bonds is 4. The molecule has 3 aromatic rings. The first kappa shape index (κ1) is 20.1. The number of carbonyl (C=O) groups excluding carboxylic acids is 1. The minimum absolute atomic E-state index is 0.233. The Morgan fingerprint density at radius 2 is 1.80 bits per heavy atom. The van der Waals surface area contributed by atoms with Crippen LogP contribution in [0.2, 0.25) is 0 Å². The molecule has 6 nitrogen and oxygen atoms in total. The highest BCUT2D eigenvalue weighted by Gasteiger charge is 2.18. The smallest absolute Gasteiger partial charge is 0.323 e. The summed E-state index contributed by atoms with van der Waals surface area (Å²) >= 11 is 1.91. The number of thioether (sulfide) groups is 1. The number of anilines is 3. The molecule has 2 aromatic carbocycles. The summed E-state index contributed by atoms with van der Waals surface area (Å²) in [6.45, 7) is 1.80. The van der Waals surface area contributed by atoms with Crippen molar-refractivity contribution in [3.8, 4) is 11.3 Å². The van der Waals surface area contributed by atoms with Gasteiger partial charge in [-0.15, -0.1) is 0 Å². The normalized spacial score (nSPS) is 13.7. The van der Waals surface area contributed by atoms with E-state index < -0.39 is 17.7 Å². The monoisotopic (exact) mass is 427 g/mol. The zero-order chi connectivity index (χ0) is 20.9. The Labute approximate surface area is 176 Å². The summed E-state index contributed by atoms with van der Waals surface area (Å²) in [5.41, 5.74) is 1.78. The molecule has 30 heavy (non-hydrogen) atoms. The van der Waals surface area contributed by atoms with E-state index in [1.807, 2.05) is 17.8 Å². The van der Waals surface area contributed by atoms with E-state index in [0.29, 0.717) is 5.69 Å². The Bertz CT molecular complexity index is 1060. The maximum Gasteiger partial charge on any atom is 0.323 e. The number of halogens is 2. The predicted octanol–water partition coefficient (Wildman–Crippen LogP) is 4.62. The van der Waals surface area contributed by atoms with Gasteiger partial charge >= 0.3 is 6.03 Å². The van der Waals surface area contributed by atoms with Crippen LogP contribution in [0.5, 0.6) is 0 Å². The molecule has 2 N–H and O–H groups in total. The lowest BCUT2D eigenvalue weighted by molar-refractivity contribution is 0.262. The third-order valence-corrected chi connectivity index (χ3v) is 5.50. The SMILES string of the molecule is O=C(Nc1cccc(-c2nccnc2N2CCSCC2)c1)Nc1cc(F)ccc1F. The lowest BCUT2D eigenvalue weighted by Crippen LogP contribution is -2.33. The van der Waals surface area contributed by atoms with Crippen molar-refractivity contribution in [3.63, 3.8) is 0 Å². The number of hydrogen-bond donors (Lipinski definition) is 2. The van der Waals surface area contributed by atoms with Crippen molar-refractivity contribution in [2.75, 3.05) is 40.1 Å². The fourth-order valence-corrected chi connectivity index (χ4v) is 4.07. The van der Waals surface area contributed by atoms with Crippen molar-refractivity contribution < 1.29 is 13.6 Å². The zero-order valence-electron chi connectivity index (χ0n) is 15.9. The van der Waals surface area contributed by atoms with E-state index in [2.05, 4.69) is 25.5 Å². The maximum absolute atomic E-state index is 13.7. The molecule has 2 heterocycles. The fraction of sp³-hybridized carbons (Fsp3) is 0.190. The quantitative estimate of drug-likeness (QED) is 0.636. The minimum atomic E-state index is -0.718. The number of urea groups is 1. The zero-order valence-corrected chi connectivity index (χ0v) is 16.8. The highest BCUT2D eigenvalue weighted by atomic mass is 32.2.